The molecule has 392 valence electrons. The summed E-state index contributed by atoms with van der Waals surface area (Å²) in [7, 11) is 0. The molecule has 0 fully saturated rings. The Hall–Kier alpha value is -7.02. The van der Waals surface area contributed by atoms with Crippen LogP contribution in [0, 0.1) is 104 Å². The first kappa shape index (κ1) is 54.8. The van der Waals surface area contributed by atoms with Crippen molar-refractivity contribution in [1.82, 2.24) is 0 Å². The number of hydrogen-bond acceptors (Lipinski definition) is 0. The lowest BCUT2D eigenvalue weighted by Gasteiger charge is -2.36. The zero-order chi connectivity index (χ0) is 55.0. The molecule has 0 unspecified atom stereocenters. The minimum Gasteiger partial charge on any atom is -0.0588 e. The van der Waals surface area contributed by atoms with Gasteiger partial charge in [0.15, 0.2) is 0 Å². The fourth-order valence-corrected chi connectivity index (χ4v) is 11.8. The average molecular weight is 1010 g/mol. The quantitative estimate of drug-likeness (QED) is 0.0898. The summed E-state index contributed by atoms with van der Waals surface area (Å²) in [6, 6.07) is 58.2. The highest BCUT2D eigenvalue weighted by molar-refractivity contribution is 5.60. The van der Waals surface area contributed by atoms with Crippen molar-refractivity contribution in [3.05, 3.63) is 312 Å². The summed E-state index contributed by atoms with van der Waals surface area (Å²) in [5.41, 5.74) is 40.2. The van der Waals surface area contributed by atoms with Crippen LogP contribution in [0.2, 0.25) is 0 Å². The first-order chi connectivity index (χ1) is 36.6. The van der Waals surface area contributed by atoms with Crippen LogP contribution in [0.15, 0.2) is 146 Å². The van der Waals surface area contributed by atoms with Gasteiger partial charge in [-0.1, -0.05) is 146 Å². The average Bonchev–Trinajstić information content (AvgIpc) is 3.40. The van der Waals surface area contributed by atoms with Gasteiger partial charge in [0.1, 0.15) is 0 Å². The summed E-state index contributed by atoms with van der Waals surface area (Å²) < 4.78 is 0. The lowest BCUT2D eigenvalue weighted by molar-refractivity contribution is 0.682. The van der Waals surface area contributed by atoms with Gasteiger partial charge in [0.25, 0.3) is 0 Å². The van der Waals surface area contributed by atoms with Crippen LogP contribution in [0.4, 0.5) is 0 Å². The normalized spacial score (nSPS) is 11.7. The third-order valence-corrected chi connectivity index (χ3v) is 18.4. The highest BCUT2D eigenvalue weighted by atomic mass is 14.4. The van der Waals surface area contributed by atoms with E-state index < -0.39 is 5.41 Å². The lowest BCUT2D eigenvalue weighted by atomic mass is 9.67. The van der Waals surface area contributed by atoms with Crippen molar-refractivity contribution in [3.63, 3.8) is 0 Å². The molecule has 0 aromatic heterocycles. The maximum absolute atomic E-state index is 2.62. The second-order valence-corrected chi connectivity index (χ2v) is 24.0. The summed E-state index contributed by atoms with van der Waals surface area (Å²) in [5, 5.41) is 0. The van der Waals surface area contributed by atoms with Crippen LogP contribution in [0.25, 0.3) is 0 Å². The fraction of sp³-hybridized carbons (Fsp3) is 0.299. The fourth-order valence-electron chi connectivity index (χ4n) is 11.8. The van der Waals surface area contributed by atoms with E-state index in [0.29, 0.717) is 0 Å². The van der Waals surface area contributed by atoms with Crippen molar-refractivity contribution in [3.8, 4) is 0 Å². The van der Waals surface area contributed by atoms with Crippen LogP contribution in [0.3, 0.4) is 0 Å². The van der Waals surface area contributed by atoms with Crippen molar-refractivity contribution in [1.29, 1.82) is 0 Å². The molecule has 0 spiro atoms. The Labute approximate surface area is 464 Å². The summed E-state index contributed by atoms with van der Waals surface area (Å²) in [6.07, 6.45) is 5.19. The van der Waals surface area contributed by atoms with E-state index >= 15 is 0 Å². The van der Waals surface area contributed by atoms with Gasteiger partial charge in [0, 0.05) is 5.41 Å². The molecule has 0 heteroatoms. The van der Waals surface area contributed by atoms with Crippen LogP contribution >= 0.6 is 0 Å². The van der Waals surface area contributed by atoms with Crippen molar-refractivity contribution < 1.29 is 0 Å². The van der Waals surface area contributed by atoms with Gasteiger partial charge in [-0.15, -0.1) is 0 Å². The molecule has 0 atom stereocenters. The van der Waals surface area contributed by atoms with Crippen molar-refractivity contribution in [2.75, 3.05) is 0 Å². The number of rotatable bonds is 15. The molecule has 9 aromatic rings. The molecule has 0 saturated carbocycles. The van der Waals surface area contributed by atoms with Gasteiger partial charge in [-0.05, 0) is 316 Å². The maximum atomic E-state index is 2.62. The molecule has 0 N–H and O–H groups in total. The molecule has 9 rings (SSSR count). The Morgan fingerprint density at radius 2 is 0.364 bits per heavy atom. The molecular formula is C77H84. The number of hydrogen-bond donors (Lipinski definition) is 0. The van der Waals surface area contributed by atoms with Crippen LogP contribution in [-0.2, 0) is 43.9 Å². The smallest absolute Gasteiger partial charge is 0.0423 e. The van der Waals surface area contributed by atoms with Crippen LogP contribution in [-0.4, -0.2) is 0 Å². The van der Waals surface area contributed by atoms with Gasteiger partial charge in [0.05, 0.1) is 0 Å². The zero-order valence-corrected chi connectivity index (χ0v) is 49.6. The van der Waals surface area contributed by atoms with Gasteiger partial charge in [-0.25, -0.2) is 0 Å². The van der Waals surface area contributed by atoms with E-state index in [-0.39, 0.29) is 0 Å². The van der Waals surface area contributed by atoms with Crippen LogP contribution < -0.4 is 0 Å². The summed E-state index contributed by atoms with van der Waals surface area (Å²) in [4.78, 5) is 0. The summed E-state index contributed by atoms with van der Waals surface area (Å²) in [6.45, 7) is 36.7. The SMILES string of the molecule is Cc1ccc(Cc2cc(C(C)(c3cc(Cc4ccc(C)c(C)c4)c(C)c(Cc4ccc(C)c(C)c4)c3)c3cc(Cc4ccc(C)c(C)c4)c(C)c(Cc4ccc(C)c(C)c4)c3)cc(Cc3ccc(C)c(C)c3)c2C)cc1C. The molecule has 77 heavy (non-hydrogen) atoms. The second kappa shape index (κ2) is 22.5. The zero-order valence-electron chi connectivity index (χ0n) is 49.6. The van der Waals surface area contributed by atoms with Gasteiger partial charge in [-0.3, -0.25) is 0 Å². The van der Waals surface area contributed by atoms with E-state index in [1.165, 1.54) is 167 Å². The summed E-state index contributed by atoms with van der Waals surface area (Å²) >= 11 is 0. The number of benzene rings is 9. The second-order valence-electron chi connectivity index (χ2n) is 24.0. The Morgan fingerprint density at radius 3 is 0.506 bits per heavy atom. The molecule has 0 bridgehead atoms. The van der Waals surface area contributed by atoms with E-state index in [0.717, 1.165) is 38.5 Å². The standard InChI is InChI=1S/C77H84/c1-47-17-23-62(29-53(47)7)35-68-41-74(42-69(59(68)13)36-63-24-18-48(2)54(8)30-63)77(16,75-43-70(37-64-25-19-49(3)55(9)31-64)60(14)71(44-75)38-65-26-20-50(4)56(10)32-65)76-45-72(39-66-27-21-51(5)57(11)33-66)61(15)73(46-76)40-67-28-22-52(6)58(12)34-67/h17-34,41-46H,35-40H2,1-16H3. The van der Waals surface area contributed by atoms with E-state index in [4.69, 9.17) is 0 Å². The predicted molar refractivity (Wildman–Crippen MR) is 331 cm³/mol. The number of aryl methyl sites for hydroxylation is 12. The van der Waals surface area contributed by atoms with E-state index in [9.17, 15) is 0 Å². The Kier molecular flexibility index (Phi) is 16.0. The predicted octanol–water partition coefficient (Wildman–Crippen LogP) is 19.2. The van der Waals surface area contributed by atoms with Gasteiger partial charge < -0.3 is 0 Å². The molecule has 0 aliphatic carbocycles. The molecule has 0 heterocycles. The molecule has 0 nitrogen and oxygen atoms in total. The Bertz CT molecular complexity index is 3090. The lowest BCUT2D eigenvalue weighted by Crippen LogP contribution is -2.28. The van der Waals surface area contributed by atoms with Gasteiger partial charge >= 0.3 is 0 Å². The van der Waals surface area contributed by atoms with Gasteiger partial charge in [-0.2, -0.15) is 0 Å². The molecule has 0 aliphatic rings. The first-order valence-corrected chi connectivity index (χ1v) is 28.4. The molecule has 0 aliphatic heterocycles. The van der Waals surface area contributed by atoms with Gasteiger partial charge in [0.2, 0.25) is 0 Å². The highest BCUT2D eigenvalue weighted by Crippen LogP contribution is 2.45. The largest absolute Gasteiger partial charge is 0.0588 e. The Balaban J connectivity index is 1.37. The van der Waals surface area contributed by atoms with E-state index in [1.807, 2.05) is 0 Å². The minimum absolute atomic E-state index is 0.573. The summed E-state index contributed by atoms with van der Waals surface area (Å²) in [5.74, 6) is 0. The topological polar surface area (TPSA) is 0 Å². The maximum Gasteiger partial charge on any atom is 0.0423 e. The Morgan fingerprint density at radius 1 is 0.208 bits per heavy atom. The molecular weight excluding hydrogens is 925 g/mol. The third kappa shape index (κ3) is 11.9. The van der Waals surface area contributed by atoms with Crippen molar-refractivity contribution in [2.45, 2.75) is 155 Å². The molecule has 9 aromatic carbocycles. The van der Waals surface area contributed by atoms with Crippen LogP contribution in [0.1, 0.15) is 174 Å². The van der Waals surface area contributed by atoms with E-state index in [1.54, 1.807) is 0 Å². The molecule has 0 amide bonds. The van der Waals surface area contributed by atoms with Crippen molar-refractivity contribution in [2.24, 2.45) is 0 Å². The first-order valence-electron chi connectivity index (χ1n) is 28.4. The molecule has 0 radical (unpaired) electrons. The minimum atomic E-state index is -0.573. The molecule has 0 saturated heterocycles. The van der Waals surface area contributed by atoms with Crippen molar-refractivity contribution >= 4 is 0 Å². The highest BCUT2D eigenvalue weighted by Gasteiger charge is 2.35. The third-order valence-electron chi connectivity index (χ3n) is 18.4. The van der Waals surface area contributed by atoms with E-state index in [2.05, 4.69) is 256 Å². The van der Waals surface area contributed by atoms with Crippen LogP contribution in [0.5, 0.6) is 0 Å². The monoisotopic (exact) mass is 1010 g/mol.